The minimum Gasteiger partial charge on any atom is -0.329 e. The second kappa shape index (κ2) is 5.85. The van der Waals surface area contributed by atoms with E-state index in [0.717, 1.165) is 18.8 Å². The Hall–Kier alpha value is -0.520. The number of hydrogen-bond acceptors (Lipinski definition) is 4. The van der Waals surface area contributed by atoms with E-state index in [1.165, 1.54) is 17.7 Å². The fourth-order valence-electron chi connectivity index (χ4n) is 2.77. The van der Waals surface area contributed by atoms with Crippen LogP contribution in [0.1, 0.15) is 37.6 Å². The average molecular weight is 282 g/mol. The van der Waals surface area contributed by atoms with Crippen LogP contribution in [0.2, 0.25) is 0 Å². The van der Waals surface area contributed by atoms with Crippen LogP contribution in [0.15, 0.2) is 6.20 Å². The Morgan fingerprint density at radius 2 is 2.21 bits per heavy atom. The van der Waals surface area contributed by atoms with Gasteiger partial charge in [-0.1, -0.05) is 13.8 Å². The van der Waals surface area contributed by atoms with Crippen molar-refractivity contribution in [3.8, 4) is 0 Å². The van der Waals surface area contributed by atoms with Crippen molar-refractivity contribution in [2.75, 3.05) is 25.4 Å². The maximum atomic E-state index is 6.05. The summed E-state index contributed by atoms with van der Waals surface area (Å²) in [6.07, 6.45) is 3.34. The smallest absolute Gasteiger partial charge is 0.0641 e. The van der Waals surface area contributed by atoms with Gasteiger partial charge in [0.2, 0.25) is 0 Å². The molecule has 0 aliphatic carbocycles. The molecule has 19 heavy (non-hydrogen) atoms. The molecule has 5 heteroatoms. The lowest BCUT2D eigenvalue weighted by atomic mass is 10.0. The number of thioether (sulfide) groups is 1. The van der Waals surface area contributed by atoms with Crippen LogP contribution in [0.4, 0.5) is 0 Å². The Morgan fingerprint density at radius 3 is 2.79 bits per heavy atom. The third kappa shape index (κ3) is 3.52. The first kappa shape index (κ1) is 14.9. The van der Waals surface area contributed by atoms with Crippen molar-refractivity contribution in [1.82, 2.24) is 14.7 Å². The van der Waals surface area contributed by atoms with Crippen molar-refractivity contribution >= 4 is 11.8 Å². The molecule has 1 saturated heterocycles. The number of rotatable bonds is 3. The van der Waals surface area contributed by atoms with Crippen LogP contribution in [0.3, 0.4) is 0 Å². The Labute approximate surface area is 120 Å². The lowest BCUT2D eigenvalue weighted by molar-refractivity contribution is 0.210. The maximum absolute atomic E-state index is 6.05. The van der Waals surface area contributed by atoms with E-state index >= 15 is 0 Å². The van der Waals surface area contributed by atoms with Gasteiger partial charge in [0.1, 0.15) is 0 Å². The summed E-state index contributed by atoms with van der Waals surface area (Å²) in [6.45, 7) is 9.66. The van der Waals surface area contributed by atoms with Crippen LogP contribution < -0.4 is 5.73 Å². The van der Waals surface area contributed by atoms with Gasteiger partial charge < -0.3 is 5.73 Å². The van der Waals surface area contributed by atoms with E-state index in [4.69, 9.17) is 5.73 Å². The molecule has 1 unspecified atom stereocenters. The summed E-state index contributed by atoms with van der Waals surface area (Å²) in [7, 11) is 1.98. The van der Waals surface area contributed by atoms with Crippen LogP contribution in [0.25, 0.3) is 0 Å². The normalized spacial score (nSPS) is 22.2. The van der Waals surface area contributed by atoms with Gasteiger partial charge in [0.15, 0.2) is 0 Å². The van der Waals surface area contributed by atoms with E-state index in [1.54, 1.807) is 0 Å². The van der Waals surface area contributed by atoms with Gasteiger partial charge in [0.25, 0.3) is 0 Å². The van der Waals surface area contributed by atoms with Gasteiger partial charge >= 0.3 is 0 Å². The third-order valence-corrected chi connectivity index (χ3v) is 5.32. The molecule has 2 rings (SSSR count). The number of aromatic nitrogens is 2. The maximum Gasteiger partial charge on any atom is 0.0641 e. The molecule has 0 spiro atoms. The molecular weight excluding hydrogens is 256 g/mol. The van der Waals surface area contributed by atoms with E-state index in [0.29, 0.717) is 17.3 Å². The largest absolute Gasteiger partial charge is 0.329 e. The fraction of sp³-hybridized carbons (Fsp3) is 0.786. The fourth-order valence-corrected chi connectivity index (χ4v) is 3.88. The highest BCUT2D eigenvalue weighted by Gasteiger charge is 2.28. The summed E-state index contributed by atoms with van der Waals surface area (Å²) >= 11 is 2.07. The summed E-state index contributed by atoms with van der Waals surface area (Å²) in [5.74, 6) is 1.18. The van der Waals surface area contributed by atoms with Gasteiger partial charge in [-0.2, -0.15) is 16.9 Å². The first-order valence-corrected chi connectivity index (χ1v) is 8.00. The third-order valence-electron chi connectivity index (χ3n) is 3.95. The molecule has 0 aromatic carbocycles. The lowest BCUT2D eigenvalue weighted by Gasteiger charge is -2.30. The molecule has 2 heterocycles. The summed E-state index contributed by atoms with van der Waals surface area (Å²) in [5, 5.41) is 4.46. The number of nitrogens with zero attached hydrogens (tertiary/aromatic N) is 3. The van der Waals surface area contributed by atoms with Crippen LogP contribution in [-0.4, -0.2) is 44.8 Å². The Kier molecular flexibility index (Phi) is 4.58. The molecule has 4 nitrogen and oxygen atoms in total. The van der Waals surface area contributed by atoms with Gasteiger partial charge in [-0.3, -0.25) is 9.58 Å². The van der Waals surface area contributed by atoms with Crippen LogP contribution in [0.5, 0.6) is 0 Å². The highest BCUT2D eigenvalue weighted by Crippen LogP contribution is 2.33. The molecule has 0 bridgehead atoms. The van der Waals surface area contributed by atoms with Crippen molar-refractivity contribution in [1.29, 1.82) is 0 Å². The zero-order valence-corrected chi connectivity index (χ0v) is 13.3. The van der Waals surface area contributed by atoms with E-state index in [1.807, 2.05) is 11.7 Å². The van der Waals surface area contributed by atoms with Gasteiger partial charge in [0, 0.05) is 48.9 Å². The topological polar surface area (TPSA) is 47.1 Å². The predicted molar refractivity (Wildman–Crippen MR) is 82.5 cm³/mol. The molecule has 1 aromatic heterocycles. The van der Waals surface area contributed by atoms with Gasteiger partial charge in [-0.25, -0.2) is 0 Å². The quantitative estimate of drug-likeness (QED) is 0.920. The molecule has 1 fully saturated rings. The molecule has 1 aliphatic rings. The Morgan fingerprint density at radius 1 is 1.47 bits per heavy atom. The predicted octanol–water partition coefficient (Wildman–Crippen LogP) is 1.95. The summed E-state index contributed by atoms with van der Waals surface area (Å²) < 4.78 is 2.28. The monoisotopic (exact) mass is 282 g/mol. The molecular formula is C14H26N4S. The standard InChI is InChI=1S/C14H26N4S/c1-11-12(10-17(4)16-11)13(9-15)18-6-5-14(2,3)19-8-7-18/h10,13H,5-9,15H2,1-4H3. The second-order valence-electron chi connectivity index (χ2n) is 5.99. The summed E-state index contributed by atoms with van der Waals surface area (Å²) in [4.78, 5) is 2.53. The van der Waals surface area contributed by atoms with Gasteiger partial charge in [-0.05, 0) is 13.3 Å². The number of aryl methyl sites for hydroxylation is 2. The lowest BCUT2D eigenvalue weighted by Crippen LogP contribution is -2.36. The van der Waals surface area contributed by atoms with Crippen molar-refractivity contribution in [3.05, 3.63) is 17.5 Å². The Balaban J connectivity index is 2.16. The molecule has 0 amide bonds. The SMILES string of the molecule is Cc1nn(C)cc1C(CN)N1CCSC(C)(C)CC1. The minimum absolute atomic E-state index is 0.309. The molecule has 2 N–H and O–H groups in total. The number of nitrogens with two attached hydrogens (primary N) is 1. The molecule has 1 aliphatic heterocycles. The zero-order valence-electron chi connectivity index (χ0n) is 12.5. The highest BCUT2D eigenvalue weighted by atomic mass is 32.2. The zero-order chi connectivity index (χ0) is 14.0. The van der Waals surface area contributed by atoms with E-state index in [2.05, 4.69) is 48.7 Å². The van der Waals surface area contributed by atoms with Gasteiger partial charge in [0.05, 0.1) is 11.7 Å². The van der Waals surface area contributed by atoms with Crippen molar-refractivity contribution < 1.29 is 0 Å². The van der Waals surface area contributed by atoms with Crippen molar-refractivity contribution in [2.45, 2.75) is 38.0 Å². The minimum atomic E-state index is 0.309. The summed E-state index contributed by atoms with van der Waals surface area (Å²) in [6, 6.07) is 0.309. The average Bonchev–Trinajstić information content (AvgIpc) is 2.55. The van der Waals surface area contributed by atoms with E-state index in [-0.39, 0.29) is 0 Å². The van der Waals surface area contributed by atoms with E-state index < -0.39 is 0 Å². The second-order valence-corrected chi connectivity index (χ2v) is 7.79. The van der Waals surface area contributed by atoms with Crippen LogP contribution in [-0.2, 0) is 7.05 Å². The van der Waals surface area contributed by atoms with Crippen molar-refractivity contribution in [2.24, 2.45) is 12.8 Å². The highest BCUT2D eigenvalue weighted by molar-refractivity contribution is 8.00. The van der Waals surface area contributed by atoms with Crippen LogP contribution >= 0.6 is 11.8 Å². The molecule has 1 atom stereocenters. The van der Waals surface area contributed by atoms with Crippen molar-refractivity contribution in [3.63, 3.8) is 0 Å². The van der Waals surface area contributed by atoms with E-state index in [9.17, 15) is 0 Å². The molecule has 0 saturated carbocycles. The first-order chi connectivity index (χ1) is 8.93. The first-order valence-electron chi connectivity index (χ1n) is 7.01. The van der Waals surface area contributed by atoms with Crippen LogP contribution in [0, 0.1) is 6.92 Å². The van der Waals surface area contributed by atoms with Gasteiger partial charge in [-0.15, -0.1) is 0 Å². The Bertz CT molecular complexity index is 427. The summed E-state index contributed by atoms with van der Waals surface area (Å²) in [5.41, 5.74) is 8.44. The molecule has 0 radical (unpaired) electrons. The number of hydrogen-bond donors (Lipinski definition) is 1. The molecule has 108 valence electrons. The molecule has 1 aromatic rings.